The van der Waals surface area contributed by atoms with Crippen molar-refractivity contribution in [3.8, 4) is 27.8 Å². The molecule has 220 valence electrons. The fourth-order valence-electron chi connectivity index (χ4n) is 4.89. The molecule has 1 aliphatic heterocycles. The number of phenolic OH excluding ortho intramolecular Hbond substituents is 1. The Morgan fingerprint density at radius 1 is 1.07 bits per heavy atom. The number of aromatic nitrogens is 3. The lowest BCUT2D eigenvalue weighted by molar-refractivity contribution is -0.142. The van der Waals surface area contributed by atoms with Crippen LogP contribution in [0.5, 0.6) is 17.2 Å². The average molecular weight is 628 g/mol. The largest absolute Gasteiger partial charge is 0.508 e. The number of hydrazone groups is 1. The van der Waals surface area contributed by atoms with Crippen LogP contribution in [0.4, 0.5) is 13.2 Å². The number of hydrogen-bond donors (Lipinski definition) is 1. The lowest BCUT2D eigenvalue weighted by atomic mass is 9.97. The van der Waals surface area contributed by atoms with Gasteiger partial charge in [0, 0.05) is 29.7 Å². The molecule has 0 spiro atoms. The van der Waals surface area contributed by atoms with Crippen LogP contribution < -0.4 is 9.47 Å². The number of ether oxygens (including phenoxy) is 2. The van der Waals surface area contributed by atoms with E-state index in [1.165, 1.54) is 26.4 Å². The minimum atomic E-state index is -4.80. The summed E-state index contributed by atoms with van der Waals surface area (Å²) < 4.78 is 54.2. The first kappa shape index (κ1) is 28.5. The first-order chi connectivity index (χ1) is 20.6. The number of carbonyl (C=O) groups is 1. The van der Waals surface area contributed by atoms with Crippen molar-refractivity contribution in [2.24, 2.45) is 5.10 Å². The van der Waals surface area contributed by atoms with E-state index in [1.807, 2.05) is 0 Å². The van der Waals surface area contributed by atoms with Crippen LogP contribution in [0.3, 0.4) is 0 Å². The van der Waals surface area contributed by atoms with Crippen molar-refractivity contribution < 1.29 is 32.5 Å². The number of phenols is 1. The summed E-state index contributed by atoms with van der Waals surface area (Å²) in [6, 6.07) is 16.0. The number of carbonyl (C=O) groups excluding carboxylic acids is 1. The molecule has 0 unspecified atom stereocenters. The van der Waals surface area contributed by atoms with Crippen LogP contribution in [0.2, 0.25) is 4.34 Å². The summed E-state index contributed by atoms with van der Waals surface area (Å²) in [4.78, 5) is 18.7. The summed E-state index contributed by atoms with van der Waals surface area (Å²) in [6.07, 6.45) is -4.62. The number of hydrogen-bond acceptors (Lipinski definition) is 8. The fourth-order valence-corrected chi connectivity index (χ4v) is 5.89. The molecule has 0 fully saturated rings. The Morgan fingerprint density at radius 3 is 2.53 bits per heavy atom. The molecule has 0 saturated carbocycles. The van der Waals surface area contributed by atoms with Gasteiger partial charge in [0.25, 0.3) is 5.91 Å². The van der Waals surface area contributed by atoms with E-state index in [4.69, 9.17) is 21.1 Å². The third-order valence-corrected chi connectivity index (χ3v) is 8.15. The Bertz CT molecular complexity index is 1900. The van der Waals surface area contributed by atoms with Gasteiger partial charge in [-0.05, 0) is 36.4 Å². The Balaban J connectivity index is 1.47. The molecular weight excluding hydrogens is 607 g/mol. The number of thiophene rings is 1. The highest BCUT2D eigenvalue weighted by molar-refractivity contribution is 7.19. The topological polar surface area (TPSA) is 102 Å². The molecule has 4 heterocycles. The van der Waals surface area contributed by atoms with Crippen molar-refractivity contribution in [2.75, 3.05) is 14.2 Å². The molecule has 0 saturated heterocycles. The molecule has 6 rings (SSSR count). The maximum Gasteiger partial charge on any atom is 0.433 e. The van der Waals surface area contributed by atoms with Crippen LogP contribution in [0.25, 0.3) is 16.2 Å². The van der Waals surface area contributed by atoms with Gasteiger partial charge in [0.1, 0.15) is 17.2 Å². The SMILES string of the molecule is COc1ccc(C2=NN(C(=O)c3cc4nc(-c5ccc(Cl)s5)cc(C(F)(F)F)n4n3)[C@@H](c3ccccc3O)C2)c(OC)c1. The number of para-hydroxylation sites is 1. The van der Waals surface area contributed by atoms with Crippen LogP contribution in [0, 0.1) is 0 Å². The minimum Gasteiger partial charge on any atom is -0.508 e. The summed E-state index contributed by atoms with van der Waals surface area (Å²) >= 11 is 7.07. The van der Waals surface area contributed by atoms with E-state index in [9.17, 15) is 23.1 Å². The van der Waals surface area contributed by atoms with Crippen molar-refractivity contribution >= 4 is 40.2 Å². The lowest BCUT2D eigenvalue weighted by Gasteiger charge is -2.21. The zero-order chi connectivity index (χ0) is 30.5. The molecule has 3 aromatic heterocycles. The number of fused-ring (bicyclic) bond motifs is 1. The monoisotopic (exact) mass is 627 g/mol. The van der Waals surface area contributed by atoms with E-state index < -0.39 is 23.8 Å². The van der Waals surface area contributed by atoms with Gasteiger partial charge in [-0.2, -0.15) is 23.4 Å². The predicted molar refractivity (Wildman–Crippen MR) is 154 cm³/mol. The Kier molecular flexibility index (Phi) is 7.22. The number of rotatable bonds is 6. The highest BCUT2D eigenvalue weighted by Gasteiger charge is 2.39. The van der Waals surface area contributed by atoms with E-state index >= 15 is 0 Å². The van der Waals surface area contributed by atoms with Gasteiger partial charge >= 0.3 is 6.18 Å². The third-order valence-electron chi connectivity index (χ3n) is 6.90. The van der Waals surface area contributed by atoms with Gasteiger partial charge in [0.2, 0.25) is 0 Å². The molecule has 0 radical (unpaired) electrons. The Morgan fingerprint density at radius 2 is 1.86 bits per heavy atom. The number of nitrogens with zero attached hydrogens (tertiary/aromatic N) is 5. The molecule has 0 aliphatic carbocycles. The van der Waals surface area contributed by atoms with Crippen molar-refractivity contribution in [3.63, 3.8) is 0 Å². The Labute approximate surface area is 251 Å². The zero-order valence-electron chi connectivity index (χ0n) is 22.5. The molecule has 1 atom stereocenters. The molecule has 1 amide bonds. The fraction of sp³-hybridized carbons (Fsp3) is 0.172. The second kappa shape index (κ2) is 10.9. The first-order valence-corrected chi connectivity index (χ1v) is 13.9. The van der Waals surface area contributed by atoms with Crippen molar-refractivity contribution in [1.29, 1.82) is 0 Å². The van der Waals surface area contributed by atoms with Gasteiger partial charge < -0.3 is 14.6 Å². The van der Waals surface area contributed by atoms with Gasteiger partial charge in [0.15, 0.2) is 17.0 Å². The van der Waals surface area contributed by atoms with Gasteiger partial charge in [-0.15, -0.1) is 11.3 Å². The van der Waals surface area contributed by atoms with Gasteiger partial charge in [-0.1, -0.05) is 29.8 Å². The van der Waals surface area contributed by atoms with E-state index in [1.54, 1.807) is 48.5 Å². The quantitative estimate of drug-likeness (QED) is 0.221. The average Bonchev–Trinajstić information content (AvgIpc) is 3.74. The highest BCUT2D eigenvalue weighted by Crippen LogP contribution is 2.40. The van der Waals surface area contributed by atoms with Gasteiger partial charge in [0.05, 0.1) is 40.9 Å². The number of benzene rings is 2. The van der Waals surface area contributed by atoms with Crippen LogP contribution in [0.15, 0.2) is 71.8 Å². The molecule has 5 aromatic rings. The smallest absolute Gasteiger partial charge is 0.433 e. The van der Waals surface area contributed by atoms with Crippen LogP contribution >= 0.6 is 22.9 Å². The summed E-state index contributed by atoms with van der Waals surface area (Å²) in [5.74, 6) is 0.136. The standard InChI is InChI=1S/C29H21ClF3N5O4S/c1-41-15-7-8-16(23(11-15)42-2)18-12-21(17-5-3-4-6-22(17)39)37(35-18)28(40)20-14-27-34-19(24-9-10-26(30)43-24)13-25(29(31,32)33)38(27)36-20/h3-11,13-14,21,39H,12H2,1-2H3/t21-/m1/s1. The van der Waals surface area contributed by atoms with Crippen LogP contribution in [0.1, 0.15) is 39.8 Å². The minimum absolute atomic E-state index is 0.0378. The van der Waals surface area contributed by atoms with Gasteiger partial charge in [-0.25, -0.2) is 14.5 Å². The number of halogens is 4. The maximum absolute atomic E-state index is 14.1. The maximum atomic E-state index is 14.1. The third kappa shape index (κ3) is 5.25. The molecular formula is C29H21ClF3N5O4S. The van der Waals surface area contributed by atoms with E-state index in [2.05, 4.69) is 15.2 Å². The van der Waals surface area contributed by atoms with Crippen molar-refractivity contribution in [2.45, 2.75) is 18.6 Å². The number of amides is 1. The van der Waals surface area contributed by atoms with E-state index in [0.29, 0.717) is 42.1 Å². The predicted octanol–water partition coefficient (Wildman–Crippen LogP) is 6.84. The molecule has 43 heavy (non-hydrogen) atoms. The van der Waals surface area contributed by atoms with E-state index in [0.717, 1.165) is 22.4 Å². The van der Waals surface area contributed by atoms with E-state index in [-0.39, 0.29) is 29.2 Å². The van der Waals surface area contributed by atoms with Crippen LogP contribution in [-0.2, 0) is 6.18 Å². The molecule has 0 bridgehead atoms. The second-order valence-electron chi connectivity index (χ2n) is 9.47. The van der Waals surface area contributed by atoms with Crippen molar-refractivity contribution in [1.82, 2.24) is 19.6 Å². The second-order valence-corrected chi connectivity index (χ2v) is 11.2. The highest BCUT2D eigenvalue weighted by atomic mass is 35.5. The molecule has 1 aliphatic rings. The number of methoxy groups -OCH3 is 2. The van der Waals surface area contributed by atoms with Crippen molar-refractivity contribution in [3.05, 3.63) is 93.6 Å². The Hall–Kier alpha value is -4.62. The van der Waals surface area contributed by atoms with Gasteiger partial charge in [-0.3, -0.25) is 4.79 Å². The summed E-state index contributed by atoms with van der Waals surface area (Å²) in [5, 5.41) is 20.4. The normalized spacial score (nSPS) is 15.2. The number of aromatic hydroxyl groups is 1. The molecule has 14 heteroatoms. The lowest BCUT2D eigenvalue weighted by Crippen LogP contribution is -2.27. The zero-order valence-corrected chi connectivity index (χ0v) is 24.0. The number of alkyl halides is 3. The van der Waals surface area contributed by atoms with Crippen LogP contribution in [-0.4, -0.2) is 50.6 Å². The summed E-state index contributed by atoms with van der Waals surface area (Å²) in [7, 11) is 3.00. The first-order valence-electron chi connectivity index (χ1n) is 12.7. The summed E-state index contributed by atoms with van der Waals surface area (Å²) in [6.45, 7) is 0. The molecule has 1 N–H and O–H groups in total. The molecule has 2 aromatic carbocycles. The molecule has 9 nitrogen and oxygen atoms in total. The summed E-state index contributed by atoms with van der Waals surface area (Å²) in [5.41, 5.74) is -0.136.